The summed E-state index contributed by atoms with van der Waals surface area (Å²) in [5.41, 5.74) is 0.625. The van der Waals surface area contributed by atoms with Crippen molar-refractivity contribution < 1.29 is 9.63 Å². The van der Waals surface area contributed by atoms with E-state index in [9.17, 15) is 5.11 Å². The summed E-state index contributed by atoms with van der Waals surface area (Å²) in [5, 5.41) is 13.1. The third-order valence-corrected chi connectivity index (χ3v) is 2.74. The van der Waals surface area contributed by atoms with Crippen LogP contribution < -0.4 is 0 Å². The summed E-state index contributed by atoms with van der Waals surface area (Å²) in [7, 11) is 0. The van der Waals surface area contributed by atoms with Crippen molar-refractivity contribution in [3.05, 3.63) is 24.3 Å². The van der Waals surface area contributed by atoms with Gasteiger partial charge in [-0.25, -0.2) is 0 Å². The molecule has 0 saturated heterocycles. The van der Waals surface area contributed by atoms with Crippen molar-refractivity contribution in [3.8, 4) is 17.2 Å². The van der Waals surface area contributed by atoms with Gasteiger partial charge in [0.15, 0.2) is 5.82 Å². The molecule has 0 atom stereocenters. The van der Waals surface area contributed by atoms with Crippen molar-refractivity contribution in [3.63, 3.8) is 0 Å². The number of nitrogens with zero attached hydrogens (tertiary/aromatic N) is 3. The molecule has 0 aliphatic heterocycles. The molecular weight excluding hydrogens is 226 g/mol. The van der Waals surface area contributed by atoms with E-state index < -0.39 is 0 Å². The molecule has 0 fully saturated rings. The molecule has 0 saturated carbocycles. The van der Waals surface area contributed by atoms with Crippen LogP contribution in [0.4, 0.5) is 0 Å². The van der Waals surface area contributed by atoms with Gasteiger partial charge in [-0.3, -0.25) is 4.98 Å². The molecule has 84 valence electrons. The van der Waals surface area contributed by atoms with Crippen LogP contribution in [-0.4, -0.2) is 26.0 Å². The summed E-state index contributed by atoms with van der Waals surface area (Å²) >= 11 is 1.72. The molecule has 2 heterocycles. The molecule has 0 unspecified atom stereocenters. The lowest BCUT2D eigenvalue weighted by molar-refractivity contribution is 0.424. The van der Waals surface area contributed by atoms with Crippen LogP contribution in [0.25, 0.3) is 11.5 Å². The van der Waals surface area contributed by atoms with Gasteiger partial charge in [0.05, 0.1) is 17.5 Å². The summed E-state index contributed by atoms with van der Waals surface area (Å²) in [6, 6.07) is 1.54. The van der Waals surface area contributed by atoms with Crippen molar-refractivity contribution in [1.82, 2.24) is 15.1 Å². The SMILES string of the molecule is CCSCc1noc(-c2cncc(O)c2)n1. The fraction of sp³-hybridized carbons (Fsp3) is 0.300. The molecule has 2 rings (SSSR count). The number of hydrogen-bond acceptors (Lipinski definition) is 6. The van der Waals surface area contributed by atoms with Crippen LogP contribution in [0.1, 0.15) is 12.7 Å². The molecule has 0 spiro atoms. The normalized spacial score (nSPS) is 10.6. The van der Waals surface area contributed by atoms with E-state index in [1.807, 2.05) is 0 Å². The lowest BCUT2D eigenvalue weighted by Gasteiger charge is -1.93. The molecule has 0 radical (unpaired) electrons. The topological polar surface area (TPSA) is 72.0 Å². The molecule has 1 N–H and O–H groups in total. The number of hydrogen-bond donors (Lipinski definition) is 1. The molecule has 0 amide bonds. The van der Waals surface area contributed by atoms with Crippen LogP contribution in [0.3, 0.4) is 0 Å². The van der Waals surface area contributed by atoms with Gasteiger partial charge in [0.1, 0.15) is 5.75 Å². The molecule has 6 heteroatoms. The monoisotopic (exact) mass is 237 g/mol. The van der Waals surface area contributed by atoms with E-state index in [-0.39, 0.29) is 5.75 Å². The highest BCUT2D eigenvalue weighted by Crippen LogP contribution is 2.20. The second kappa shape index (κ2) is 4.98. The van der Waals surface area contributed by atoms with E-state index >= 15 is 0 Å². The van der Waals surface area contributed by atoms with Crippen LogP contribution in [0, 0.1) is 0 Å². The average molecular weight is 237 g/mol. The van der Waals surface area contributed by atoms with E-state index in [0.717, 1.165) is 11.5 Å². The van der Waals surface area contributed by atoms with E-state index in [1.165, 1.54) is 12.3 Å². The predicted octanol–water partition coefficient (Wildman–Crippen LogP) is 2.09. The minimum absolute atomic E-state index is 0.0835. The zero-order valence-corrected chi connectivity index (χ0v) is 9.57. The minimum Gasteiger partial charge on any atom is -0.506 e. The Balaban J connectivity index is 2.18. The Morgan fingerprint density at radius 3 is 3.06 bits per heavy atom. The Kier molecular flexibility index (Phi) is 3.40. The Hall–Kier alpha value is -1.56. The fourth-order valence-electron chi connectivity index (χ4n) is 1.17. The molecule has 0 aliphatic rings. The fourth-order valence-corrected chi connectivity index (χ4v) is 1.67. The molecule has 0 aromatic carbocycles. The van der Waals surface area contributed by atoms with E-state index in [1.54, 1.807) is 18.0 Å². The predicted molar refractivity (Wildman–Crippen MR) is 61.0 cm³/mol. The maximum absolute atomic E-state index is 9.27. The van der Waals surface area contributed by atoms with Gasteiger partial charge in [-0.15, -0.1) is 0 Å². The van der Waals surface area contributed by atoms with Gasteiger partial charge >= 0.3 is 0 Å². The van der Waals surface area contributed by atoms with E-state index in [0.29, 0.717) is 17.3 Å². The van der Waals surface area contributed by atoms with E-state index in [2.05, 4.69) is 22.0 Å². The van der Waals surface area contributed by atoms with Crippen LogP contribution >= 0.6 is 11.8 Å². The van der Waals surface area contributed by atoms with Crippen LogP contribution in [0.15, 0.2) is 23.0 Å². The summed E-state index contributed by atoms with van der Waals surface area (Å²) in [4.78, 5) is 8.06. The molecule has 5 nitrogen and oxygen atoms in total. The summed E-state index contributed by atoms with van der Waals surface area (Å²) in [6.07, 6.45) is 2.93. The first-order valence-corrected chi connectivity index (χ1v) is 5.99. The van der Waals surface area contributed by atoms with E-state index in [4.69, 9.17) is 4.52 Å². The Bertz CT molecular complexity index is 473. The molecule has 0 aliphatic carbocycles. The Morgan fingerprint density at radius 1 is 1.44 bits per heavy atom. The van der Waals surface area contributed by atoms with Gasteiger partial charge in [0.25, 0.3) is 5.89 Å². The number of thioether (sulfide) groups is 1. The Morgan fingerprint density at radius 2 is 2.31 bits per heavy atom. The highest BCUT2D eigenvalue weighted by molar-refractivity contribution is 7.98. The molecule has 2 aromatic heterocycles. The van der Waals surface area contributed by atoms with Crippen molar-refractivity contribution >= 4 is 11.8 Å². The van der Waals surface area contributed by atoms with Crippen molar-refractivity contribution in [1.29, 1.82) is 0 Å². The number of aromatic nitrogens is 3. The number of pyridine rings is 1. The lowest BCUT2D eigenvalue weighted by atomic mass is 10.3. The first-order valence-electron chi connectivity index (χ1n) is 4.84. The standard InChI is InChI=1S/C10H11N3O2S/c1-2-16-6-9-12-10(15-13-9)7-3-8(14)5-11-4-7/h3-5,14H,2,6H2,1H3. The molecular formula is C10H11N3O2S. The average Bonchev–Trinajstić information content (AvgIpc) is 2.75. The number of rotatable bonds is 4. The molecule has 16 heavy (non-hydrogen) atoms. The van der Waals surface area contributed by atoms with Crippen molar-refractivity contribution in [2.24, 2.45) is 0 Å². The van der Waals surface area contributed by atoms with Gasteiger partial charge in [-0.2, -0.15) is 16.7 Å². The second-order valence-corrected chi connectivity index (χ2v) is 4.36. The highest BCUT2D eigenvalue weighted by atomic mass is 32.2. The molecule has 0 bridgehead atoms. The maximum atomic E-state index is 9.27. The van der Waals surface area contributed by atoms with Crippen molar-refractivity contribution in [2.45, 2.75) is 12.7 Å². The zero-order valence-electron chi connectivity index (χ0n) is 8.75. The first kappa shape index (κ1) is 10.9. The number of aromatic hydroxyl groups is 1. The van der Waals surface area contributed by atoms with Crippen molar-refractivity contribution in [2.75, 3.05) is 5.75 Å². The van der Waals surface area contributed by atoms with Gasteiger partial charge in [0.2, 0.25) is 0 Å². The highest BCUT2D eigenvalue weighted by Gasteiger charge is 2.09. The molecule has 2 aromatic rings. The summed E-state index contributed by atoms with van der Waals surface area (Å²) in [6.45, 7) is 2.07. The Labute approximate surface area is 96.9 Å². The first-order chi connectivity index (χ1) is 7.79. The van der Waals surface area contributed by atoms with Gasteiger partial charge < -0.3 is 9.63 Å². The zero-order chi connectivity index (χ0) is 11.4. The van der Waals surface area contributed by atoms with Crippen LogP contribution in [-0.2, 0) is 5.75 Å². The van der Waals surface area contributed by atoms with Crippen LogP contribution in [0.5, 0.6) is 5.75 Å². The van der Waals surface area contributed by atoms with Gasteiger partial charge in [-0.1, -0.05) is 12.1 Å². The maximum Gasteiger partial charge on any atom is 0.259 e. The lowest BCUT2D eigenvalue weighted by Crippen LogP contribution is -1.84. The third kappa shape index (κ3) is 2.52. The summed E-state index contributed by atoms with van der Waals surface area (Å²) < 4.78 is 5.08. The smallest absolute Gasteiger partial charge is 0.259 e. The van der Waals surface area contributed by atoms with Gasteiger partial charge in [-0.05, 0) is 11.8 Å². The second-order valence-electron chi connectivity index (χ2n) is 3.08. The summed E-state index contributed by atoms with van der Waals surface area (Å²) in [5.74, 6) is 2.87. The minimum atomic E-state index is 0.0835. The third-order valence-electron chi connectivity index (χ3n) is 1.87. The van der Waals surface area contributed by atoms with Crippen LogP contribution in [0.2, 0.25) is 0 Å². The largest absolute Gasteiger partial charge is 0.506 e. The quantitative estimate of drug-likeness (QED) is 0.877. The van der Waals surface area contributed by atoms with Gasteiger partial charge in [0, 0.05) is 6.20 Å².